The van der Waals surface area contributed by atoms with Gasteiger partial charge in [0, 0.05) is 31.1 Å². The minimum Gasteiger partial charge on any atom is -0.414 e. The molecule has 5 aliphatic rings. The maximum atomic E-state index is 12.9. The molecule has 0 saturated carbocycles. The van der Waals surface area contributed by atoms with Crippen LogP contribution < -0.4 is 22.5 Å². The van der Waals surface area contributed by atoms with E-state index < -0.39 is 115 Å². The largest absolute Gasteiger partial charge is 0.414 e. The molecule has 1 spiro atoms. The predicted molar refractivity (Wildman–Crippen MR) is 291 cm³/mol. The van der Waals surface area contributed by atoms with E-state index in [2.05, 4.69) is 121 Å². The van der Waals surface area contributed by atoms with Gasteiger partial charge in [-0.3, -0.25) is 32.9 Å². The van der Waals surface area contributed by atoms with Crippen LogP contribution in [0.25, 0.3) is 0 Å². The van der Waals surface area contributed by atoms with Crippen molar-refractivity contribution in [2.45, 2.75) is 229 Å². The molecule has 8 atom stereocenters. The van der Waals surface area contributed by atoms with E-state index in [4.69, 9.17) is 44.3 Å². The fraction of sp³-hybridized carbons (Fsp3) is 0.837. The average molecular weight is 1150 g/mol. The van der Waals surface area contributed by atoms with E-state index in [9.17, 15) is 32.7 Å². The molecular formula is C49H88N4O17SSi4. The third-order valence-corrected chi connectivity index (χ3v) is 37.1. The van der Waals surface area contributed by atoms with Gasteiger partial charge in [0.25, 0.3) is 21.2 Å². The van der Waals surface area contributed by atoms with E-state index in [1.165, 1.54) is 29.1 Å². The lowest BCUT2D eigenvalue weighted by Gasteiger charge is -2.52. The molecule has 26 heteroatoms. The summed E-state index contributed by atoms with van der Waals surface area (Å²) in [6, 6.07) is 2.51. The molecule has 0 aliphatic carbocycles. The van der Waals surface area contributed by atoms with E-state index in [0.717, 1.165) is 17.2 Å². The second-order valence-corrected chi connectivity index (χ2v) is 43.0. The van der Waals surface area contributed by atoms with Gasteiger partial charge in [0.15, 0.2) is 12.5 Å². The van der Waals surface area contributed by atoms with Crippen molar-refractivity contribution < 1.29 is 57.9 Å². The Kier molecular flexibility index (Phi) is 19.4. The zero-order valence-electron chi connectivity index (χ0n) is 47.3. The van der Waals surface area contributed by atoms with Gasteiger partial charge in [-0.2, -0.15) is 8.42 Å². The van der Waals surface area contributed by atoms with Crippen molar-refractivity contribution in [1.82, 2.24) is 19.1 Å². The highest BCUT2D eigenvalue weighted by atomic mass is 32.2. The Morgan fingerprint density at radius 3 is 1.43 bits per heavy atom. The summed E-state index contributed by atoms with van der Waals surface area (Å²) in [6.45, 7) is 34.9. The molecule has 4 unspecified atom stereocenters. The maximum Gasteiger partial charge on any atom is 0.335 e. The van der Waals surface area contributed by atoms with Crippen molar-refractivity contribution in [2.24, 2.45) is 0 Å². The van der Waals surface area contributed by atoms with Crippen LogP contribution in [0, 0.1) is 0 Å². The molecule has 5 saturated heterocycles. The van der Waals surface area contributed by atoms with Crippen molar-refractivity contribution in [1.29, 1.82) is 0 Å². The highest BCUT2D eigenvalue weighted by Crippen LogP contribution is 2.55. The molecule has 0 amide bonds. The molecule has 0 radical (unpaired) electrons. The van der Waals surface area contributed by atoms with Crippen molar-refractivity contribution in [3.05, 3.63) is 66.2 Å². The smallest absolute Gasteiger partial charge is 0.335 e. The van der Waals surface area contributed by atoms with Crippen LogP contribution in [0.15, 0.2) is 43.7 Å². The number of H-pyrrole nitrogens is 2. The highest BCUT2D eigenvalue weighted by molar-refractivity contribution is 7.85. The van der Waals surface area contributed by atoms with Gasteiger partial charge in [-0.25, -0.2) is 9.59 Å². The number of nitrogens with zero attached hydrogens (tertiary/aromatic N) is 2. The molecule has 428 valence electrons. The number of aromatic amines is 2. The van der Waals surface area contributed by atoms with Crippen molar-refractivity contribution >= 4 is 44.4 Å². The Morgan fingerprint density at radius 2 is 1.04 bits per heavy atom. The topological polar surface area (TPSA) is 256 Å². The molecule has 0 aromatic carbocycles. The minimum atomic E-state index is -3.69. The molecule has 21 nitrogen and oxygen atoms in total. The summed E-state index contributed by atoms with van der Waals surface area (Å²) in [6.07, 6.45) is 0.782. The lowest BCUT2D eigenvalue weighted by Crippen LogP contribution is -2.67. The van der Waals surface area contributed by atoms with E-state index in [-0.39, 0.29) is 70.4 Å². The fourth-order valence-electron chi connectivity index (χ4n) is 12.2. The first-order valence-corrected chi connectivity index (χ1v) is 36.7. The van der Waals surface area contributed by atoms with Gasteiger partial charge < -0.3 is 45.3 Å². The molecule has 2 aromatic rings. The normalized spacial score (nSPS) is 30.5. The van der Waals surface area contributed by atoms with Crippen molar-refractivity contribution in [3.8, 4) is 0 Å². The second kappa shape index (κ2) is 23.4. The molecule has 0 bridgehead atoms. The Balaban J connectivity index is 0.000000246. The summed E-state index contributed by atoms with van der Waals surface area (Å²) >= 11 is 0. The zero-order valence-corrected chi connectivity index (χ0v) is 52.1. The number of hydrogen-bond donors (Lipinski definition) is 3. The minimum absolute atomic E-state index is 0.0163. The number of ether oxygens (including phenoxy) is 3. The maximum absolute atomic E-state index is 12.9. The zero-order chi connectivity index (χ0) is 56.0. The van der Waals surface area contributed by atoms with Crippen LogP contribution in [-0.2, 0) is 54.4 Å². The summed E-state index contributed by atoms with van der Waals surface area (Å²) in [7, 11) is -15.3. The molecular weight excluding hydrogens is 1060 g/mol. The van der Waals surface area contributed by atoms with Gasteiger partial charge in [-0.1, -0.05) is 111 Å². The molecule has 5 aliphatic heterocycles. The number of hydrogen-bond acceptors (Lipinski definition) is 17. The quantitative estimate of drug-likeness (QED) is 0.0939. The summed E-state index contributed by atoms with van der Waals surface area (Å²) in [5, 5.41) is 12.4. The van der Waals surface area contributed by atoms with Crippen molar-refractivity contribution in [2.75, 3.05) is 32.7 Å². The molecule has 2 aromatic heterocycles. The van der Waals surface area contributed by atoms with Gasteiger partial charge in [0.05, 0.1) is 26.1 Å². The SMILES string of the molecule is CC(C)[Si]1(C(C)C)OCC2OC(n3ccc(=O)[nH]c3=O)[C@](O)(CCCOS(C)(=O)=O)[C@@H]2O[Si](C(C)C)(C(C)C)O1.CC(C)[Si]1(C(C)C)OCC2OC(n3ccc(=O)[nH]c3=O)[C@]3(CCCO3)[C@@H]2O[Si](C(C)C)(C(C)C)O1. The lowest BCUT2D eigenvalue weighted by molar-refractivity contribution is -0.121. The fourth-order valence-corrected chi connectivity index (χ4v) is 35.2. The average Bonchev–Trinajstić information content (AvgIpc) is 3.96. The molecule has 75 heavy (non-hydrogen) atoms. The number of aliphatic hydroxyl groups is 1. The monoisotopic (exact) mass is 1150 g/mol. The van der Waals surface area contributed by atoms with E-state index in [1.807, 2.05) is 0 Å². The summed E-state index contributed by atoms with van der Waals surface area (Å²) < 4.78 is 92.5. The Labute approximate surface area is 447 Å². The van der Waals surface area contributed by atoms with Crippen LogP contribution in [0.4, 0.5) is 0 Å². The van der Waals surface area contributed by atoms with Gasteiger partial charge in [0.1, 0.15) is 35.6 Å². The van der Waals surface area contributed by atoms with Gasteiger partial charge in [-0.05, 0) is 70.0 Å². The molecule has 7 rings (SSSR count). The summed E-state index contributed by atoms with van der Waals surface area (Å²) in [5.41, 5.74) is -4.02. The number of fused-ring (bicyclic) bond motifs is 3. The lowest BCUT2D eigenvalue weighted by atomic mass is 9.89. The van der Waals surface area contributed by atoms with Crippen LogP contribution in [0.1, 0.15) is 149 Å². The summed E-state index contributed by atoms with van der Waals surface area (Å²) in [4.78, 5) is 53.8. The Hall–Kier alpha value is -2.26. The first-order chi connectivity index (χ1) is 34.8. The van der Waals surface area contributed by atoms with Gasteiger partial charge in [-0.15, -0.1) is 0 Å². The second-order valence-electron chi connectivity index (χ2n) is 23.6. The van der Waals surface area contributed by atoms with Crippen LogP contribution in [0.3, 0.4) is 0 Å². The third kappa shape index (κ3) is 11.8. The molecule has 5 fully saturated rings. The number of rotatable bonds is 15. The van der Waals surface area contributed by atoms with Crippen molar-refractivity contribution in [3.63, 3.8) is 0 Å². The predicted octanol–water partition coefficient (Wildman–Crippen LogP) is 6.82. The Morgan fingerprint density at radius 1 is 0.640 bits per heavy atom. The van der Waals surface area contributed by atoms with Gasteiger partial charge in [0.2, 0.25) is 0 Å². The Bertz CT molecular complexity index is 2580. The first kappa shape index (κ1) is 61.9. The number of nitrogens with one attached hydrogen (secondary N) is 2. The third-order valence-electron chi connectivity index (χ3n) is 16.1. The highest BCUT2D eigenvalue weighted by Gasteiger charge is 2.69. The summed E-state index contributed by atoms with van der Waals surface area (Å²) in [5.74, 6) is 0. The van der Waals surface area contributed by atoms with E-state index >= 15 is 0 Å². The van der Waals surface area contributed by atoms with Crippen LogP contribution in [0.2, 0.25) is 44.3 Å². The number of aromatic nitrogens is 4. The van der Waals surface area contributed by atoms with Crippen LogP contribution >= 0.6 is 0 Å². The molecule has 3 N–H and O–H groups in total. The van der Waals surface area contributed by atoms with Gasteiger partial charge >= 0.3 is 45.6 Å². The molecule has 7 heterocycles. The van der Waals surface area contributed by atoms with E-state index in [1.54, 1.807) is 0 Å². The van der Waals surface area contributed by atoms with Crippen LogP contribution in [0.5, 0.6) is 0 Å². The standard InChI is InChI=1S/C25H46N2O10SSi2.C24H42N2O7Si2/c1-16(2)39(17(3)4)34-15-20-22(36-40(37-39,18(5)6)19(7)8)25(30,12-10-14-33-38(9,31)32)23(35-20)27-13-11-21(28)26-24(27)29;1-15(2)34(16(3)4)30-14-19-21(32-35(33-34,17(5)6)18(7)8)24(11-9-13-29-24)22(31-19)26-12-10-20(27)25-23(26)28/h11,13,16-20,22-23,30H,10,12,14-15H2,1-9H3,(H,26,28,29);10,12,15-19,21-22H,9,11,13-14H2,1-8H3,(H,25,27,28)/t20?,22-,23?,25+;19?,21-,22?,24+/m11/s1. The van der Waals surface area contributed by atoms with Crippen LogP contribution in [-0.4, -0.2) is 135 Å². The first-order valence-electron chi connectivity index (χ1n) is 27.0. The van der Waals surface area contributed by atoms with E-state index in [0.29, 0.717) is 19.6 Å².